The molecule has 3 rings (SSSR count). The van der Waals surface area contributed by atoms with Crippen molar-refractivity contribution in [3.05, 3.63) is 35.4 Å². The predicted octanol–water partition coefficient (Wildman–Crippen LogP) is 2.66. The molecule has 1 aliphatic rings. The van der Waals surface area contributed by atoms with Crippen LogP contribution in [0.5, 0.6) is 11.8 Å². The summed E-state index contributed by atoms with van der Waals surface area (Å²) < 4.78 is 11.4. The third-order valence-electron chi connectivity index (χ3n) is 4.83. The molecule has 1 aromatic heterocycles. The number of anilines is 2. The number of aromatic nitrogens is 2. The highest BCUT2D eigenvalue weighted by Crippen LogP contribution is 2.32. The molecule has 2 N–H and O–H groups in total. The first-order valence-electron chi connectivity index (χ1n) is 10.4. The van der Waals surface area contributed by atoms with Crippen LogP contribution in [0.4, 0.5) is 11.6 Å². The van der Waals surface area contributed by atoms with Gasteiger partial charge in [-0.2, -0.15) is 9.97 Å². The van der Waals surface area contributed by atoms with Gasteiger partial charge in [-0.25, -0.2) is 0 Å². The Hall–Kier alpha value is -2.87. The Morgan fingerprint density at radius 2 is 1.83 bits per heavy atom. The SMILES string of the molecule is CCCCOc1nc(N)c2c(n1)N(CCCOc1ccc(CN(C)C)cc1)C(=O)C2. The molecule has 0 aliphatic carbocycles. The second kappa shape index (κ2) is 10.2. The minimum Gasteiger partial charge on any atom is -0.494 e. The summed E-state index contributed by atoms with van der Waals surface area (Å²) in [7, 11) is 4.09. The molecule has 0 bridgehead atoms. The van der Waals surface area contributed by atoms with Gasteiger partial charge in [0.25, 0.3) is 0 Å². The van der Waals surface area contributed by atoms with Crippen molar-refractivity contribution in [3.8, 4) is 11.8 Å². The molecule has 0 unspecified atom stereocenters. The van der Waals surface area contributed by atoms with E-state index in [9.17, 15) is 4.79 Å². The number of unbranched alkanes of at least 4 members (excludes halogenated alkanes) is 1. The number of carbonyl (C=O) groups excluding carboxylic acids is 1. The third-order valence-corrected chi connectivity index (χ3v) is 4.83. The lowest BCUT2D eigenvalue weighted by molar-refractivity contribution is -0.117. The summed E-state index contributed by atoms with van der Waals surface area (Å²) in [6.45, 7) is 4.53. The maximum atomic E-state index is 12.5. The normalized spacial score (nSPS) is 13.1. The maximum Gasteiger partial charge on any atom is 0.320 e. The minimum atomic E-state index is -0.0234. The molecule has 8 heteroatoms. The lowest BCUT2D eigenvalue weighted by atomic mass is 10.2. The van der Waals surface area contributed by atoms with E-state index in [2.05, 4.69) is 33.9 Å². The number of fused-ring (bicyclic) bond motifs is 1. The summed E-state index contributed by atoms with van der Waals surface area (Å²) in [6.07, 6.45) is 2.84. The van der Waals surface area contributed by atoms with E-state index in [0.29, 0.717) is 43.4 Å². The average Bonchev–Trinajstić information content (AvgIpc) is 3.02. The van der Waals surface area contributed by atoms with Crippen molar-refractivity contribution >= 4 is 17.5 Å². The third kappa shape index (κ3) is 5.60. The summed E-state index contributed by atoms with van der Waals surface area (Å²) in [4.78, 5) is 24.9. The monoisotopic (exact) mass is 413 g/mol. The lowest BCUT2D eigenvalue weighted by Crippen LogP contribution is -2.29. The van der Waals surface area contributed by atoms with Crippen LogP contribution in [0.3, 0.4) is 0 Å². The Labute approximate surface area is 178 Å². The van der Waals surface area contributed by atoms with Gasteiger partial charge in [-0.1, -0.05) is 25.5 Å². The van der Waals surface area contributed by atoms with Crippen molar-refractivity contribution in [2.45, 2.75) is 39.2 Å². The number of nitrogen functional groups attached to an aromatic ring is 1. The predicted molar refractivity (Wildman–Crippen MR) is 117 cm³/mol. The van der Waals surface area contributed by atoms with Crippen LogP contribution in [-0.2, 0) is 17.8 Å². The van der Waals surface area contributed by atoms with Gasteiger partial charge in [0.2, 0.25) is 5.91 Å². The topological polar surface area (TPSA) is 93.8 Å². The van der Waals surface area contributed by atoms with Crippen LogP contribution < -0.4 is 20.1 Å². The Balaban J connectivity index is 1.54. The highest BCUT2D eigenvalue weighted by Gasteiger charge is 2.31. The number of rotatable bonds is 11. The van der Waals surface area contributed by atoms with E-state index < -0.39 is 0 Å². The Bertz CT molecular complexity index is 855. The van der Waals surface area contributed by atoms with Gasteiger partial charge in [0.1, 0.15) is 17.4 Å². The van der Waals surface area contributed by atoms with Crippen LogP contribution >= 0.6 is 0 Å². The molecule has 0 fully saturated rings. The largest absolute Gasteiger partial charge is 0.494 e. The Morgan fingerprint density at radius 3 is 2.53 bits per heavy atom. The molecule has 162 valence electrons. The van der Waals surface area contributed by atoms with E-state index in [4.69, 9.17) is 15.2 Å². The Kier molecular flexibility index (Phi) is 7.46. The van der Waals surface area contributed by atoms with E-state index >= 15 is 0 Å². The molecule has 0 radical (unpaired) electrons. The summed E-state index contributed by atoms with van der Waals surface area (Å²) >= 11 is 0. The number of hydrogen-bond donors (Lipinski definition) is 1. The van der Waals surface area contributed by atoms with Gasteiger partial charge in [-0.15, -0.1) is 0 Å². The van der Waals surface area contributed by atoms with E-state index in [1.54, 1.807) is 4.90 Å². The number of hydrogen-bond acceptors (Lipinski definition) is 7. The summed E-state index contributed by atoms with van der Waals surface area (Å²) in [5.74, 6) is 1.68. The fourth-order valence-electron chi connectivity index (χ4n) is 3.30. The molecule has 2 heterocycles. The first-order valence-corrected chi connectivity index (χ1v) is 10.4. The van der Waals surface area contributed by atoms with Crippen molar-refractivity contribution in [1.82, 2.24) is 14.9 Å². The molecule has 0 atom stereocenters. The highest BCUT2D eigenvalue weighted by atomic mass is 16.5. The van der Waals surface area contributed by atoms with Crippen LogP contribution in [-0.4, -0.2) is 54.6 Å². The van der Waals surface area contributed by atoms with Crippen LogP contribution in [0.25, 0.3) is 0 Å². The first-order chi connectivity index (χ1) is 14.5. The molecule has 0 saturated heterocycles. The van der Waals surface area contributed by atoms with Gasteiger partial charge in [0.05, 0.1) is 19.6 Å². The number of nitrogens with two attached hydrogens (primary N) is 1. The number of nitrogens with zero attached hydrogens (tertiary/aromatic N) is 4. The van der Waals surface area contributed by atoms with Gasteiger partial charge in [0.15, 0.2) is 0 Å². The molecule has 1 aliphatic heterocycles. The zero-order valence-corrected chi connectivity index (χ0v) is 18.1. The summed E-state index contributed by atoms with van der Waals surface area (Å²) in [5, 5.41) is 0. The molecular formula is C22H31N5O3. The van der Waals surface area contributed by atoms with Crippen LogP contribution in [0.2, 0.25) is 0 Å². The number of ether oxygens (including phenoxy) is 2. The van der Waals surface area contributed by atoms with Crippen LogP contribution in [0.1, 0.15) is 37.3 Å². The van der Waals surface area contributed by atoms with Crippen LogP contribution in [0, 0.1) is 0 Å². The molecule has 30 heavy (non-hydrogen) atoms. The minimum absolute atomic E-state index is 0.0234. The van der Waals surface area contributed by atoms with Gasteiger partial charge >= 0.3 is 6.01 Å². The first kappa shape index (κ1) is 21.8. The van der Waals surface area contributed by atoms with Crippen molar-refractivity contribution in [2.75, 3.05) is 44.5 Å². The number of benzene rings is 1. The Morgan fingerprint density at radius 1 is 1.10 bits per heavy atom. The molecule has 2 aromatic rings. The lowest BCUT2D eigenvalue weighted by Gasteiger charge is -2.17. The average molecular weight is 414 g/mol. The van der Waals surface area contributed by atoms with Gasteiger partial charge in [0, 0.05) is 18.7 Å². The molecule has 1 amide bonds. The smallest absolute Gasteiger partial charge is 0.320 e. The van der Waals surface area contributed by atoms with Crippen LogP contribution in [0.15, 0.2) is 24.3 Å². The molecular weight excluding hydrogens is 382 g/mol. The number of amides is 1. The maximum absolute atomic E-state index is 12.5. The molecule has 8 nitrogen and oxygen atoms in total. The van der Waals surface area contributed by atoms with Crippen molar-refractivity contribution in [2.24, 2.45) is 0 Å². The van der Waals surface area contributed by atoms with Gasteiger partial charge in [-0.05, 0) is 44.6 Å². The van der Waals surface area contributed by atoms with Gasteiger partial charge < -0.3 is 20.1 Å². The fourth-order valence-corrected chi connectivity index (χ4v) is 3.30. The molecule has 1 aromatic carbocycles. The van der Waals surface area contributed by atoms with E-state index in [1.165, 1.54) is 5.56 Å². The molecule has 0 spiro atoms. The number of carbonyl (C=O) groups is 1. The van der Waals surface area contributed by atoms with E-state index in [-0.39, 0.29) is 18.3 Å². The fraction of sp³-hybridized carbons (Fsp3) is 0.500. The zero-order chi connectivity index (χ0) is 21.5. The van der Waals surface area contributed by atoms with E-state index in [0.717, 1.165) is 25.1 Å². The summed E-state index contributed by atoms with van der Waals surface area (Å²) in [5.41, 5.74) is 7.95. The van der Waals surface area contributed by atoms with Crippen molar-refractivity contribution < 1.29 is 14.3 Å². The van der Waals surface area contributed by atoms with Crippen molar-refractivity contribution in [1.29, 1.82) is 0 Å². The molecule has 0 saturated carbocycles. The highest BCUT2D eigenvalue weighted by molar-refractivity contribution is 6.01. The van der Waals surface area contributed by atoms with Gasteiger partial charge in [-0.3, -0.25) is 9.69 Å². The summed E-state index contributed by atoms with van der Waals surface area (Å²) in [6, 6.07) is 8.31. The zero-order valence-electron chi connectivity index (χ0n) is 18.1. The second-order valence-corrected chi connectivity index (χ2v) is 7.70. The quantitative estimate of drug-likeness (QED) is 0.566. The second-order valence-electron chi connectivity index (χ2n) is 7.70. The standard InChI is InChI=1S/C22H31N5O3/c1-4-5-12-30-22-24-20(23)18-14-19(28)27(21(18)25-22)11-6-13-29-17-9-7-16(8-10-17)15-26(2)3/h7-10H,4-6,11-15H2,1-3H3,(H2,23,24,25). The van der Waals surface area contributed by atoms with E-state index in [1.807, 2.05) is 26.2 Å². The van der Waals surface area contributed by atoms with Crippen molar-refractivity contribution in [3.63, 3.8) is 0 Å².